The van der Waals surface area contributed by atoms with E-state index in [-0.39, 0.29) is 24.8 Å². The highest BCUT2D eigenvalue weighted by Crippen LogP contribution is 2.48. The summed E-state index contributed by atoms with van der Waals surface area (Å²) in [6, 6.07) is 4.12. The monoisotopic (exact) mass is 463 g/mol. The molecule has 2 aliphatic carbocycles. The van der Waals surface area contributed by atoms with E-state index in [1.54, 1.807) is 0 Å². The highest BCUT2D eigenvalue weighted by molar-refractivity contribution is 6.09. The van der Waals surface area contributed by atoms with Crippen LogP contribution >= 0.6 is 0 Å². The number of nitrogens with one attached hydrogen (secondary N) is 2. The van der Waals surface area contributed by atoms with Crippen molar-refractivity contribution in [3.05, 3.63) is 29.7 Å². The van der Waals surface area contributed by atoms with Crippen LogP contribution in [0.4, 0.5) is 0 Å². The first-order chi connectivity index (χ1) is 16.6. The van der Waals surface area contributed by atoms with Gasteiger partial charge in [0, 0.05) is 17.8 Å². The van der Waals surface area contributed by atoms with Gasteiger partial charge in [0.05, 0.1) is 23.3 Å². The molecule has 34 heavy (non-hydrogen) atoms. The molecule has 0 unspecified atom stereocenters. The number of carbonyl (C=O) groups is 1. The van der Waals surface area contributed by atoms with Crippen LogP contribution in [-0.2, 0) is 0 Å². The van der Waals surface area contributed by atoms with Gasteiger partial charge in [0.25, 0.3) is 5.91 Å². The minimum Gasteiger partial charge on any atom is -0.492 e. The second kappa shape index (κ2) is 8.47. The summed E-state index contributed by atoms with van der Waals surface area (Å²) < 4.78 is 17.6. The first kappa shape index (κ1) is 21.2. The van der Waals surface area contributed by atoms with Crippen molar-refractivity contribution in [2.24, 2.45) is 11.7 Å². The van der Waals surface area contributed by atoms with Gasteiger partial charge < -0.3 is 30.2 Å². The normalized spacial score (nSPS) is 21.6. The lowest BCUT2D eigenvalue weighted by atomic mass is 9.91. The van der Waals surface area contributed by atoms with Crippen molar-refractivity contribution in [3.63, 3.8) is 0 Å². The lowest BCUT2D eigenvalue weighted by Gasteiger charge is -2.26. The van der Waals surface area contributed by atoms with Gasteiger partial charge in [-0.05, 0) is 63.5 Å². The third kappa shape index (κ3) is 3.83. The zero-order chi connectivity index (χ0) is 23.2. The number of fused-ring (bicyclic) bond motifs is 2. The Balaban J connectivity index is 1.39. The molecule has 2 fully saturated rings. The van der Waals surface area contributed by atoms with Crippen molar-refractivity contribution >= 4 is 16.9 Å². The van der Waals surface area contributed by atoms with Gasteiger partial charge in [-0.2, -0.15) is 0 Å². The van der Waals surface area contributed by atoms with E-state index < -0.39 is 0 Å². The van der Waals surface area contributed by atoms with Crippen LogP contribution < -0.4 is 25.3 Å². The van der Waals surface area contributed by atoms with Crippen LogP contribution in [0.25, 0.3) is 22.3 Å². The predicted octanol–water partition coefficient (Wildman–Crippen LogP) is 3.45. The largest absolute Gasteiger partial charge is 0.492 e. The van der Waals surface area contributed by atoms with Gasteiger partial charge >= 0.3 is 0 Å². The molecule has 178 valence electrons. The van der Waals surface area contributed by atoms with E-state index in [0.717, 1.165) is 36.9 Å². The third-order valence-corrected chi connectivity index (χ3v) is 7.01. The fourth-order valence-electron chi connectivity index (χ4n) is 4.90. The number of nitrogens with two attached hydrogens (primary N) is 1. The van der Waals surface area contributed by atoms with Crippen LogP contribution in [0, 0.1) is 12.8 Å². The summed E-state index contributed by atoms with van der Waals surface area (Å²) in [6.45, 7) is 2.69. The highest BCUT2D eigenvalue weighted by Gasteiger charge is 2.30. The van der Waals surface area contributed by atoms with Crippen molar-refractivity contribution in [1.82, 2.24) is 20.3 Å². The zero-order valence-electron chi connectivity index (χ0n) is 19.2. The molecule has 1 aliphatic heterocycles. The van der Waals surface area contributed by atoms with Crippen LogP contribution in [0.15, 0.2) is 18.5 Å². The van der Waals surface area contributed by atoms with Gasteiger partial charge in [-0.15, -0.1) is 0 Å². The van der Waals surface area contributed by atoms with Crippen molar-refractivity contribution in [3.8, 4) is 28.5 Å². The molecule has 9 heteroatoms. The van der Waals surface area contributed by atoms with E-state index >= 15 is 0 Å². The van der Waals surface area contributed by atoms with Gasteiger partial charge in [-0.3, -0.25) is 4.79 Å². The van der Waals surface area contributed by atoms with E-state index in [4.69, 9.17) is 19.9 Å². The summed E-state index contributed by atoms with van der Waals surface area (Å²) in [5.74, 6) is 2.41. The van der Waals surface area contributed by atoms with Crippen LogP contribution in [0.1, 0.15) is 54.6 Å². The number of hydrogen-bond acceptors (Lipinski definition) is 7. The third-order valence-electron chi connectivity index (χ3n) is 7.01. The smallest absolute Gasteiger partial charge is 0.255 e. The Labute approximate surface area is 197 Å². The lowest BCUT2D eigenvalue weighted by Crippen LogP contribution is -2.40. The van der Waals surface area contributed by atoms with Gasteiger partial charge in [0.15, 0.2) is 11.5 Å². The lowest BCUT2D eigenvalue weighted by molar-refractivity contribution is 0.0927. The number of rotatable bonds is 6. The van der Waals surface area contributed by atoms with Crippen LogP contribution in [0.5, 0.6) is 17.2 Å². The summed E-state index contributed by atoms with van der Waals surface area (Å²) in [7, 11) is 0. The van der Waals surface area contributed by atoms with Crippen molar-refractivity contribution in [2.75, 3.05) is 13.4 Å². The summed E-state index contributed by atoms with van der Waals surface area (Å²) >= 11 is 0. The molecule has 2 saturated carbocycles. The maximum Gasteiger partial charge on any atom is 0.255 e. The van der Waals surface area contributed by atoms with E-state index in [2.05, 4.69) is 20.3 Å². The van der Waals surface area contributed by atoms with E-state index in [1.165, 1.54) is 19.2 Å². The Bertz CT molecular complexity index is 1240. The predicted molar refractivity (Wildman–Crippen MR) is 126 cm³/mol. The number of aromatic amines is 1. The average Bonchev–Trinajstić information content (AvgIpc) is 3.42. The highest BCUT2D eigenvalue weighted by atomic mass is 16.7. The van der Waals surface area contributed by atoms with Crippen LogP contribution in [-0.4, -0.2) is 46.3 Å². The molecule has 0 spiro atoms. The molecule has 0 saturated heterocycles. The molecule has 1 amide bonds. The molecule has 2 aromatic heterocycles. The summed E-state index contributed by atoms with van der Waals surface area (Å²) in [5, 5.41) is 3.18. The molecule has 3 aliphatic rings. The molecular formula is C25H29N5O4. The summed E-state index contributed by atoms with van der Waals surface area (Å²) in [4.78, 5) is 25.7. The molecule has 1 aromatic carbocycles. The van der Waals surface area contributed by atoms with Gasteiger partial charge in [-0.25, -0.2) is 9.97 Å². The molecule has 0 bridgehead atoms. The average molecular weight is 464 g/mol. The minimum absolute atomic E-state index is 0.128. The number of aryl methyl sites for hydroxylation is 1. The number of carbonyl (C=O) groups excluding carboxylic acids is 1. The number of ether oxygens (including phenoxy) is 3. The quantitative estimate of drug-likeness (QED) is 0.511. The number of aromatic nitrogens is 3. The maximum atomic E-state index is 13.3. The number of nitrogens with zero attached hydrogens (tertiary/aromatic N) is 2. The number of amides is 1. The second-order valence-electron chi connectivity index (χ2n) is 9.58. The molecule has 3 aromatic rings. The first-order valence-corrected chi connectivity index (χ1v) is 12.0. The Morgan fingerprint density at radius 3 is 2.79 bits per heavy atom. The van der Waals surface area contributed by atoms with Crippen LogP contribution in [0.3, 0.4) is 0 Å². The first-order valence-electron chi connectivity index (χ1n) is 12.0. The molecule has 4 N–H and O–H groups in total. The fourth-order valence-corrected chi connectivity index (χ4v) is 4.90. The topological polar surface area (TPSA) is 124 Å². The summed E-state index contributed by atoms with van der Waals surface area (Å²) in [5.41, 5.74) is 9.91. The van der Waals surface area contributed by atoms with Gasteiger partial charge in [0.2, 0.25) is 6.79 Å². The van der Waals surface area contributed by atoms with E-state index in [9.17, 15) is 4.79 Å². The van der Waals surface area contributed by atoms with Gasteiger partial charge in [-0.1, -0.05) is 0 Å². The van der Waals surface area contributed by atoms with Crippen molar-refractivity contribution in [2.45, 2.75) is 57.5 Å². The zero-order valence-corrected chi connectivity index (χ0v) is 19.2. The molecule has 0 atom stereocenters. The Morgan fingerprint density at radius 2 is 2.00 bits per heavy atom. The fraction of sp³-hybridized carbons (Fsp3) is 0.480. The van der Waals surface area contributed by atoms with E-state index in [0.29, 0.717) is 52.1 Å². The Kier molecular flexibility index (Phi) is 5.28. The van der Waals surface area contributed by atoms with E-state index in [1.807, 2.05) is 19.1 Å². The molecule has 3 heterocycles. The number of hydrogen-bond donors (Lipinski definition) is 3. The molecule has 9 nitrogen and oxygen atoms in total. The summed E-state index contributed by atoms with van der Waals surface area (Å²) in [6.07, 6.45) is 7.51. The second-order valence-corrected chi connectivity index (χ2v) is 9.58. The molecular weight excluding hydrogens is 434 g/mol. The molecule has 6 rings (SSSR count). The minimum atomic E-state index is -0.128. The van der Waals surface area contributed by atoms with Crippen LogP contribution in [0.2, 0.25) is 0 Å². The SMILES string of the molecule is Cc1[nH]c2c(-c3c(OCC4CC4)ccc4c3OCO4)ncnc2c1C(=O)N[C@H]1CC[C@@H](N)CC1. The molecule has 0 radical (unpaired) electrons. The Morgan fingerprint density at radius 1 is 1.18 bits per heavy atom. The maximum absolute atomic E-state index is 13.3. The number of benzene rings is 1. The van der Waals surface area contributed by atoms with Crippen molar-refractivity contribution in [1.29, 1.82) is 0 Å². The van der Waals surface area contributed by atoms with Crippen molar-refractivity contribution < 1.29 is 19.0 Å². The standard InChI is InChI=1S/C25H29N5O4/c1-13-19(25(31)30-16-6-4-15(26)5-7-16)21-23(29-13)22(28-11-27-21)20-17(32-10-14-2-3-14)8-9-18-24(20)34-12-33-18/h8-9,11,14-16,29H,2-7,10,12,26H2,1H3,(H,30,31)/t15-,16+. The number of H-pyrrole nitrogens is 1. The van der Waals surface area contributed by atoms with Gasteiger partial charge in [0.1, 0.15) is 23.3 Å². The Hall–Kier alpha value is -3.33.